The van der Waals surface area contributed by atoms with Crippen molar-refractivity contribution in [3.8, 4) is 0 Å². The smallest absolute Gasteiger partial charge is 0.153 e. The fourth-order valence-electron chi connectivity index (χ4n) is 2.49. The Bertz CT molecular complexity index is 351. The summed E-state index contributed by atoms with van der Waals surface area (Å²) in [6.07, 6.45) is 10.1. The maximum absolute atomic E-state index is 11.0. The van der Waals surface area contributed by atoms with Gasteiger partial charge < -0.3 is 0 Å². The zero-order valence-electron chi connectivity index (χ0n) is 9.98. The normalized spacial score (nSPS) is 16.8. The van der Waals surface area contributed by atoms with Crippen LogP contribution in [0.2, 0.25) is 0 Å². The van der Waals surface area contributed by atoms with Crippen LogP contribution in [0.1, 0.15) is 67.4 Å². The number of aldehydes is 1. The van der Waals surface area contributed by atoms with Crippen LogP contribution in [0, 0.1) is 0 Å². The van der Waals surface area contributed by atoms with Crippen LogP contribution >= 0.6 is 0 Å². The zero-order valence-corrected chi connectivity index (χ0v) is 9.98. The summed E-state index contributed by atoms with van der Waals surface area (Å²) in [6, 6.07) is 0. The van der Waals surface area contributed by atoms with Crippen molar-refractivity contribution < 1.29 is 4.79 Å². The molecular formula is C13H20N2O. The summed E-state index contributed by atoms with van der Waals surface area (Å²) in [6.45, 7) is 3.10. The summed E-state index contributed by atoms with van der Waals surface area (Å²) >= 11 is 0. The fourth-order valence-corrected chi connectivity index (χ4v) is 2.49. The third-order valence-corrected chi connectivity index (χ3v) is 3.43. The molecule has 1 aliphatic carbocycles. The van der Waals surface area contributed by atoms with Crippen molar-refractivity contribution in [2.75, 3.05) is 0 Å². The largest absolute Gasteiger partial charge is 0.298 e. The van der Waals surface area contributed by atoms with Gasteiger partial charge in [0.1, 0.15) is 0 Å². The molecule has 0 unspecified atom stereocenters. The summed E-state index contributed by atoms with van der Waals surface area (Å²) < 4.78 is 1.95. The fraction of sp³-hybridized carbons (Fsp3) is 0.692. The predicted molar refractivity (Wildman–Crippen MR) is 63.7 cm³/mol. The van der Waals surface area contributed by atoms with Crippen molar-refractivity contribution in [2.45, 2.75) is 57.9 Å². The third-order valence-electron chi connectivity index (χ3n) is 3.43. The molecule has 0 atom stereocenters. The Hall–Kier alpha value is -1.12. The van der Waals surface area contributed by atoms with Crippen LogP contribution in [0.15, 0.2) is 6.20 Å². The van der Waals surface area contributed by atoms with Crippen LogP contribution in [0.25, 0.3) is 0 Å². The van der Waals surface area contributed by atoms with E-state index in [0.717, 1.165) is 36.9 Å². The highest BCUT2D eigenvalue weighted by Crippen LogP contribution is 2.34. The second-order valence-electron chi connectivity index (χ2n) is 4.69. The molecule has 0 bridgehead atoms. The minimum absolute atomic E-state index is 0.531. The lowest BCUT2D eigenvalue weighted by atomic mass is 10.0. The van der Waals surface area contributed by atoms with Crippen LogP contribution in [0.5, 0.6) is 0 Å². The Morgan fingerprint density at radius 1 is 1.50 bits per heavy atom. The number of nitrogens with zero attached hydrogens (tertiary/aromatic N) is 2. The second-order valence-corrected chi connectivity index (χ2v) is 4.69. The van der Waals surface area contributed by atoms with E-state index in [-0.39, 0.29) is 0 Å². The van der Waals surface area contributed by atoms with Gasteiger partial charge in [0, 0.05) is 18.7 Å². The van der Waals surface area contributed by atoms with Gasteiger partial charge in [-0.3, -0.25) is 9.48 Å². The molecule has 3 nitrogen and oxygen atoms in total. The average molecular weight is 220 g/mol. The van der Waals surface area contributed by atoms with E-state index in [9.17, 15) is 4.79 Å². The van der Waals surface area contributed by atoms with Crippen LogP contribution in [-0.2, 0) is 6.54 Å². The number of carbonyl (C=O) groups is 1. The monoisotopic (exact) mass is 220 g/mol. The molecule has 0 spiro atoms. The topological polar surface area (TPSA) is 34.9 Å². The molecule has 0 radical (unpaired) electrons. The third kappa shape index (κ3) is 2.34. The molecule has 0 aromatic carbocycles. The number of carbonyl (C=O) groups excluding carboxylic acids is 1. The Kier molecular flexibility index (Phi) is 3.75. The van der Waals surface area contributed by atoms with Gasteiger partial charge >= 0.3 is 0 Å². The molecule has 16 heavy (non-hydrogen) atoms. The van der Waals surface area contributed by atoms with Gasteiger partial charge in [0.25, 0.3) is 0 Å². The summed E-state index contributed by atoms with van der Waals surface area (Å²) in [4.78, 5) is 11.0. The molecule has 1 fully saturated rings. The number of hydrogen-bond acceptors (Lipinski definition) is 2. The van der Waals surface area contributed by atoms with Crippen molar-refractivity contribution in [3.63, 3.8) is 0 Å². The SMILES string of the molecule is CCCCn1cc(C=O)c(C2CCCC2)n1. The standard InChI is InChI=1S/C13H20N2O/c1-2-3-8-15-9-12(10-16)13(14-15)11-6-4-5-7-11/h9-11H,2-8H2,1H3. The van der Waals surface area contributed by atoms with Crippen molar-refractivity contribution in [2.24, 2.45) is 0 Å². The zero-order chi connectivity index (χ0) is 11.4. The summed E-state index contributed by atoms with van der Waals surface area (Å²) in [5.74, 6) is 0.531. The maximum Gasteiger partial charge on any atom is 0.153 e. The van der Waals surface area contributed by atoms with E-state index in [1.807, 2.05) is 10.9 Å². The summed E-state index contributed by atoms with van der Waals surface area (Å²) in [7, 11) is 0. The van der Waals surface area contributed by atoms with E-state index in [2.05, 4.69) is 12.0 Å². The van der Waals surface area contributed by atoms with Gasteiger partial charge in [-0.1, -0.05) is 26.2 Å². The molecule has 1 aromatic heterocycles. The minimum Gasteiger partial charge on any atom is -0.298 e. The highest BCUT2D eigenvalue weighted by Gasteiger charge is 2.22. The van der Waals surface area contributed by atoms with E-state index in [1.54, 1.807) is 0 Å². The minimum atomic E-state index is 0.531. The molecule has 1 saturated carbocycles. The highest BCUT2D eigenvalue weighted by molar-refractivity contribution is 5.76. The van der Waals surface area contributed by atoms with Gasteiger partial charge in [0.2, 0.25) is 0 Å². The first kappa shape index (κ1) is 11.4. The molecule has 88 valence electrons. The summed E-state index contributed by atoms with van der Waals surface area (Å²) in [5, 5.41) is 4.59. The number of aromatic nitrogens is 2. The first-order valence-corrected chi connectivity index (χ1v) is 6.37. The number of unbranched alkanes of at least 4 members (excludes halogenated alkanes) is 1. The Morgan fingerprint density at radius 2 is 2.25 bits per heavy atom. The Labute approximate surface area is 96.8 Å². The van der Waals surface area contributed by atoms with Gasteiger partial charge in [-0.25, -0.2) is 0 Å². The molecule has 0 aliphatic heterocycles. The Balaban J connectivity index is 2.15. The molecule has 1 aliphatic rings. The summed E-state index contributed by atoms with van der Waals surface area (Å²) in [5.41, 5.74) is 1.85. The molecule has 0 amide bonds. The molecule has 2 rings (SSSR count). The van der Waals surface area contributed by atoms with Crippen LogP contribution in [0.3, 0.4) is 0 Å². The Morgan fingerprint density at radius 3 is 2.88 bits per heavy atom. The van der Waals surface area contributed by atoms with E-state index in [1.165, 1.54) is 25.7 Å². The molecule has 1 heterocycles. The van der Waals surface area contributed by atoms with E-state index < -0.39 is 0 Å². The van der Waals surface area contributed by atoms with Crippen LogP contribution in [-0.4, -0.2) is 16.1 Å². The maximum atomic E-state index is 11.0. The van der Waals surface area contributed by atoms with Crippen molar-refractivity contribution in [1.82, 2.24) is 9.78 Å². The quantitative estimate of drug-likeness (QED) is 0.714. The van der Waals surface area contributed by atoms with Crippen LogP contribution < -0.4 is 0 Å². The highest BCUT2D eigenvalue weighted by atomic mass is 16.1. The van der Waals surface area contributed by atoms with E-state index >= 15 is 0 Å². The molecule has 3 heteroatoms. The first-order chi connectivity index (χ1) is 7.85. The first-order valence-electron chi connectivity index (χ1n) is 6.37. The predicted octanol–water partition coefficient (Wildman–Crippen LogP) is 3.15. The van der Waals surface area contributed by atoms with Gasteiger partial charge in [-0.15, -0.1) is 0 Å². The second kappa shape index (κ2) is 5.28. The molecule has 0 saturated heterocycles. The number of hydrogen-bond donors (Lipinski definition) is 0. The van der Waals surface area contributed by atoms with E-state index in [0.29, 0.717) is 5.92 Å². The lowest BCUT2D eigenvalue weighted by molar-refractivity contribution is 0.112. The average Bonchev–Trinajstić information content (AvgIpc) is 2.94. The number of rotatable bonds is 5. The lowest BCUT2D eigenvalue weighted by Gasteiger charge is -2.05. The van der Waals surface area contributed by atoms with Gasteiger partial charge in [0.15, 0.2) is 6.29 Å². The number of aryl methyl sites for hydroxylation is 1. The van der Waals surface area contributed by atoms with Gasteiger partial charge in [-0.05, 0) is 19.3 Å². The molecule has 1 aromatic rings. The van der Waals surface area contributed by atoms with Gasteiger partial charge in [-0.2, -0.15) is 5.10 Å². The van der Waals surface area contributed by atoms with Crippen molar-refractivity contribution >= 4 is 6.29 Å². The van der Waals surface area contributed by atoms with Crippen molar-refractivity contribution in [3.05, 3.63) is 17.5 Å². The lowest BCUT2D eigenvalue weighted by Crippen LogP contribution is -2.01. The van der Waals surface area contributed by atoms with Gasteiger partial charge in [0.05, 0.1) is 11.3 Å². The van der Waals surface area contributed by atoms with Crippen LogP contribution in [0.4, 0.5) is 0 Å². The van der Waals surface area contributed by atoms with E-state index in [4.69, 9.17) is 0 Å². The molecule has 0 N–H and O–H groups in total. The van der Waals surface area contributed by atoms with Crippen molar-refractivity contribution in [1.29, 1.82) is 0 Å². The molecular weight excluding hydrogens is 200 g/mol.